The third-order valence-electron chi connectivity index (χ3n) is 5.62. The second kappa shape index (κ2) is 13.4. The van der Waals surface area contributed by atoms with E-state index in [-0.39, 0.29) is 17.9 Å². The molecule has 1 atom stereocenters. The highest BCUT2D eigenvalue weighted by Crippen LogP contribution is 2.28. The zero-order valence-electron chi connectivity index (χ0n) is 19.1. The lowest BCUT2D eigenvalue weighted by molar-refractivity contribution is -0.137. The Morgan fingerprint density at radius 1 is 0.824 bits per heavy atom. The highest BCUT2D eigenvalue weighted by molar-refractivity contribution is 7.98. The molecule has 176 valence electrons. The fourth-order valence-electron chi connectivity index (χ4n) is 3.76. The van der Waals surface area contributed by atoms with Crippen LogP contribution in [0.3, 0.4) is 0 Å². The van der Waals surface area contributed by atoms with Crippen molar-refractivity contribution >= 4 is 29.8 Å². The van der Waals surface area contributed by atoms with Gasteiger partial charge in [-0.1, -0.05) is 79.2 Å². The van der Waals surface area contributed by atoms with Crippen molar-refractivity contribution in [1.29, 1.82) is 0 Å². The van der Waals surface area contributed by atoms with Crippen molar-refractivity contribution in [2.75, 3.05) is 0 Å². The quantitative estimate of drug-likeness (QED) is 0.202. The van der Waals surface area contributed by atoms with E-state index in [1.165, 1.54) is 16.0 Å². The molecular formula is C29H30O4S. The minimum atomic E-state index is -0.929. The first-order valence-corrected chi connectivity index (χ1v) is 12.5. The third kappa shape index (κ3) is 8.56. The number of thioether (sulfide) groups is 1. The molecule has 0 aliphatic heterocycles. The molecule has 1 unspecified atom stereocenters. The predicted molar refractivity (Wildman–Crippen MR) is 138 cm³/mol. The summed E-state index contributed by atoms with van der Waals surface area (Å²) in [5.74, 6) is -0.557. The number of carbonyl (C=O) groups is 2. The minimum absolute atomic E-state index is 0.183. The van der Waals surface area contributed by atoms with Crippen molar-refractivity contribution in [2.45, 2.75) is 42.8 Å². The van der Waals surface area contributed by atoms with E-state index in [9.17, 15) is 9.59 Å². The Balaban J connectivity index is 1.70. The van der Waals surface area contributed by atoms with Gasteiger partial charge in [-0.2, -0.15) is 0 Å². The zero-order valence-corrected chi connectivity index (χ0v) is 19.9. The van der Waals surface area contributed by atoms with Crippen molar-refractivity contribution in [2.24, 2.45) is 5.92 Å². The van der Waals surface area contributed by atoms with Gasteiger partial charge in [-0.3, -0.25) is 4.79 Å². The summed E-state index contributed by atoms with van der Waals surface area (Å²) in [6.45, 7) is 0. The van der Waals surface area contributed by atoms with E-state index in [0.29, 0.717) is 6.42 Å². The van der Waals surface area contributed by atoms with Crippen LogP contribution < -0.4 is 0 Å². The molecule has 3 rings (SSSR count). The Bertz CT molecular complexity index is 1090. The molecule has 0 spiro atoms. The smallest absolute Gasteiger partial charge is 0.335 e. The van der Waals surface area contributed by atoms with Crippen molar-refractivity contribution in [1.82, 2.24) is 0 Å². The van der Waals surface area contributed by atoms with Gasteiger partial charge in [0.05, 0.1) is 5.56 Å². The number of carboxylic acids is 2. The summed E-state index contributed by atoms with van der Waals surface area (Å²) >= 11 is 1.81. The number of hydrogen-bond donors (Lipinski definition) is 2. The highest BCUT2D eigenvalue weighted by atomic mass is 32.2. The molecule has 3 aromatic carbocycles. The molecule has 3 aromatic rings. The topological polar surface area (TPSA) is 74.6 Å². The van der Waals surface area contributed by atoms with Crippen LogP contribution in [0.15, 0.2) is 89.8 Å². The molecule has 0 bridgehead atoms. The Morgan fingerprint density at radius 3 is 2.24 bits per heavy atom. The van der Waals surface area contributed by atoms with Crippen molar-refractivity contribution in [3.8, 4) is 0 Å². The largest absolute Gasteiger partial charge is 0.481 e. The van der Waals surface area contributed by atoms with E-state index in [4.69, 9.17) is 10.2 Å². The molecule has 34 heavy (non-hydrogen) atoms. The molecule has 2 N–H and O–H groups in total. The van der Waals surface area contributed by atoms with E-state index in [1.54, 1.807) is 12.1 Å². The maximum absolute atomic E-state index is 11.1. The molecule has 0 radical (unpaired) electrons. The number of benzene rings is 3. The van der Waals surface area contributed by atoms with Gasteiger partial charge in [0.15, 0.2) is 0 Å². The molecule has 0 heterocycles. The summed E-state index contributed by atoms with van der Waals surface area (Å²) in [5, 5.41) is 18.1. The Morgan fingerprint density at radius 2 is 1.53 bits per heavy atom. The van der Waals surface area contributed by atoms with Crippen LogP contribution in [0.1, 0.15) is 52.7 Å². The number of allylic oxidation sites excluding steroid dienone is 1. The lowest BCUT2D eigenvalue weighted by Crippen LogP contribution is -2.04. The maximum atomic E-state index is 11.1. The first-order chi connectivity index (χ1) is 16.5. The molecule has 0 fully saturated rings. The molecule has 4 nitrogen and oxygen atoms in total. The Labute approximate surface area is 205 Å². The van der Waals surface area contributed by atoms with Crippen LogP contribution in [0.2, 0.25) is 0 Å². The van der Waals surface area contributed by atoms with Gasteiger partial charge in [0.1, 0.15) is 0 Å². The SMILES string of the molecule is O=C(O)CCCCC(C=Cc1ccccc1SCc1ccccc1)Cc1ccc(C(=O)O)cc1. The summed E-state index contributed by atoms with van der Waals surface area (Å²) in [7, 11) is 0. The molecular weight excluding hydrogens is 444 g/mol. The van der Waals surface area contributed by atoms with Crippen LogP contribution in [-0.4, -0.2) is 22.2 Å². The number of carboxylic acid groups (broad SMARTS) is 2. The Hall–Kier alpha value is -3.31. The molecule has 0 saturated heterocycles. The summed E-state index contributed by atoms with van der Waals surface area (Å²) in [4.78, 5) is 23.2. The lowest BCUT2D eigenvalue weighted by Gasteiger charge is -2.14. The van der Waals surface area contributed by atoms with Gasteiger partial charge in [0, 0.05) is 17.1 Å². The second-order valence-corrected chi connectivity index (χ2v) is 9.29. The first-order valence-electron chi connectivity index (χ1n) is 11.5. The Kier molecular flexibility index (Phi) is 9.98. The molecule has 5 heteroatoms. The van der Waals surface area contributed by atoms with Gasteiger partial charge < -0.3 is 10.2 Å². The van der Waals surface area contributed by atoms with Gasteiger partial charge in [-0.25, -0.2) is 4.79 Å². The normalized spacial score (nSPS) is 12.0. The van der Waals surface area contributed by atoms with Crippen molar-refractivity contribution < 1.29 is 19.8 Å². The van der Waals surface area contributed by atoms with Crippen LogP contribution >= 0.6 is 11.8 Å². The van der Waals surface area contributed by atoms with Crippen LogP contribution in [-0.2, 0) is 17.0 Å². The van der Waals surface area contributed by atoms with Crippen LogP contribution in [0.5, 0.6) is 0 Å². The summed E-state index contributed by atoms with van der Waals surface area (Å²) in [6, 6.07) is 25.8. The van der Waals surface area contributed by atoms with Crippen LogP contribution in [0.4, 0.5) is 0 Å². The van der Waals surface area contributed by atoms with Crippen molar-refractivity contribution in [3.05, 3.63) is 107 Å². The standard InChI is InChI=1S/C29H30O4S/c30-28(31)13-7-4-8-22(20-23-15-18-26(19-16-23)29(32)33)14-17-25-11-5-6-12-27(25)34-21-24-9-2-1-3-10-24/h1-3,5-6,9-12,14-19,22H,4,7-8,13,20-21H2,(H,30,31)(H,32,33). The zero-order chi connectivity index (χ0) is 24.2. The van der Waals surface area contributed by atoms with E-state index in [1.807, 2.05) is 36.0 Å². The molecule has 0 saturated carbocycles. The van der Waals surface area contributed by atoms with Gasteiger partial charge >= 0.3 is 11.9 Å². The second-order valence-electron chi connectivity index (χ2n) is 8.28. The number of rotatable bonds is 13. The van der Waals surface area contributed by atoms with Gasteiger partial charge in [-0.05, 0) is 60.1 Å². The molecule has 0 aromatic heterocycles. The number of aliphatic carboxylic acids is 1. The summed E-state index contributed by atoms with van der Waals surface area (Å²) in [5.41, 5.74) is 3.80. The number of aromatic carboxylic acids is 1. The third-order valence-corrected chi connectivity index (χ3v) is 6.78. The van der Waals surface area contributed by atoms with Crippen molar-refractivity contribution in [3.63, 3.8) is 0 Å². The monoisotopic (exact) mass is 474 g/mol. The fourth-order valence-corrected chi connectivity index (χ4v) is 4.75. The highest BCUT2D eigenvalue weighted by Gasteiger charge is 2.10. The molecule has 0 amide bonds. The summed E-state index contributed by atoms with van der Waals surface area (Å²) < 4.78 is 0. The predicted octanol–water partition coefficient (Wildman–Crippen LogP) is 7.19. The average Bonchev–Trinajstić information content (AvgIpc) is 2.85. The average molecular weight is 475 g/mol. The van der Waals surface area contributed by atoms with E-state index in [0.717, 1.165) is 30.6 Å². The number of hydrogen-bond acceptors (Lipinski definition) is 3. The van der Waals surface area contributed by atoms with E-state index in [2.05, 4.69) is 54.6 Å². The van der Waals surface area contributed by atoms with Gasteiger partial charge in [0.25, 0.3) is 0 Å². The van der Waals surface area contributed by atoms with E-state index >= 15 is 0 Å². The van der Waals surface area contributed by atoms with Crippen LogP contribution in [0, 0.1) is 5.92 Å². The fraction of sp³-hybridized carbons (Fsp3) is 0.241. The first kappa shape index (κ1) is 25.3. The van der Waals surface area contributed by atoms with Crippen LogP contribution in [0.25, 0.3) is 6.08 Å². The lowest BCUT2D eigenvalue weighted by atomic mass is 9.92. The van der Waals surface area contributed by atoms with Gasteiger partial charge in [0.2, 0.25) is 0 Å². The minimum Gasteiger partial charge on any atom is -0.481 e. The maximum Gasteiger partial charge on any atom is 0.335 e. The van der Waals surface area contributed by atoms with E-state index < -0.39 is 11.9 Å². The number of unbranched alkanes of at least 4 members (excludes halogenated alkanes) is 1. The summed E-state index contributed by atoms with van der Waals surface area (Å²) in [6.07, 6.45) is 7.71. The molecule has 0 aliphatic carbocycles. The van der Waals surface area contributed by atoms with Gasteiger partial charge in [-0.15, -0.1) is 11.8 Å². The molecule has 0 aliphatic rings.